The van der Waals surface area contributed by atoms with Gasteiger partial charge in [0.15, 0.2) is 0 Å². The van der Waals surface area contributed by atoms with E-state index in [-0.39, 0.29) is 17.2 Å². The van der Waals surface area contributed by atoms with Gasteiger partial charge in [0.25, 0.3) is 0 Å². The quantitative estimate of drug-likeness (QED) is 0.835. The molecule has 1 heterocycles. The van der Waals surface area contributed by atoms with Gasteiger partial charge in [0.05, 0.1) is 11.3 Å². The summed E-state index contributed by atoms with van der Waals surface area (Å²) in [6.07, 6.45) is 0.0592. The molecule has 0 bridgehead atoms. The van der Waals surface area contributed by atoms with Crippen molar-refractivity contribution in [2.75, 3.05) is 5.32 Å². The van der Waals surface area contributed by atoms with Crippen LogP contribution in [-0.4, -0.2) is 26.0 Å². The van der Waals surface area contributed by atoms with E-state index in [9.17, 15) is 9.18 Å². The standard InChI is InChI=1S/C10H7FN4O2/c11-9-12-5-13-10(15-9)14-7-4-2-1-3-6(7)8(16)17/h1-5H,(H,16,17)(H,12,13,14,15). The minimum absolute atomic E-state index is 0.0494. The number of nitrogens with one attached hydrogen (secondary N) is 1. The van der Waals surface area contributed by atoms with Crippen molar-refractivity contribution in [1.82, 2.24) is 15.0 Å². The second-order valence-electron chi connectivity index (χ2n) is 3.05. The summed E-state index contributed by atoms with van der Waals surface area (Å²) in [6, 6.07) is 6.18. The molecule has 1 aromatic heterocycles. The maximum absolute atomic E-state index is 12.7. The summed E-state index contributed by atoms with van der Waals surface area (Å²) in [6.45, 7) is 0. The lowest BCUT2D eigenvalue weighted by atomic mass is 10.2. The zero-order chi connectivity index (χ0) is 12.3. The van der Waals surface area contributed by atoms with E-state index in [1.54, 1.807) is 12.1 Å². The fourth-order valence-corrected chi connectivity index (χ4v) is 1.24. The lowest BCUT2D eigenvalue weighted by Crippen LogP contribution is -2.05. The summed E-state index contributed by atoms with van der Waals surface area (Å²) in [5.41, 5.74) is 0.332. The number of carboxylic acid groups (broad SMARTS) is 1. The van der Waals surface area contributed by atoms with E-state index in [4.69, 9.17) is 5.11 Å². The Morgan fingerprint density at radius 1 is 1.29 bits per heavy atom. The number of carboxylic acids is 1. The Morgan fingerprint density at radius 3 is 2.76 bits per heavy atom. The van der Waals surface area contributed by atoms with E-state index in [0.29, 0.717) is 0 Å². The summed E-state index contributed by atoms with van der Waals surface area (Å²) < 4.78 is 12.7. The molecule has 2 rings (SSSR count). The molecular formula is C10H7FN4O2. The minimum Gasteiger partial charge on any atom is -0.478 e. The van der Waals surface area contributed by atoms with Crippen molar-refractivity contribution in [1.29, 1.82) is 0 Å². The molecule has 0 unspecified atom stereocenters. The monoisotopic (exact) mass is 234 g/mol. The Labute approximate surface area is 95.2 Å². The van der Waals surface area contributed by atoms with E-state index in [2.05, 4.69) is 20.3 Å². The number of aromatic nitrogens is 3. The van der Waals surface area contributed by atoms with Gasteiger partial charge in [-0.2, -0.15) is 14.4 Å². The van der Waals surface area contributed by atoms with Gasteiger partial charge in [-0.1, -0.05) is 12.1 Å². The Bertz CT molecular complexity index is 562. The van der Waals surface area contributed by atoms with Gasteiger partial charge in [-0.15, -0.1) is 0 Å². The van der Waals surface area contributed by atoms with E-state index in [1.807, 2.05) is 0 Å². The normalized spacial score (nSPS) is 9.94. The summed E-state index contributed by atoms with van der Waals surface area (Å²) in [5, 5.41) is 11.5. The van der Waals surface area contributed by atoms with Gasteiger partial charge in [0.1, 0.15) is 6.33 Å². The largest absolute Gasteiger partial charge is 0.478 e. The molecule has 0 saturated carbocycles. The highest BCUT2D eigenvalue weighted by Gasteiger charge is 2.10. The summed E-state index contributed by atoms with van der Waals surface area (Å²) >= 11 is 0. The van der Waals surface area contributed by atoms with Crippen LogP contribution in [0.15, 0.2) is 30.6 Å². The third-order valence-corrected chi connectivity index (χ3v) is 1.95. The van der Waals surface area contributed by atoms with Gasteiger partial charge in [-0.05, 0) is 12.1 Å². The maximum atomic E-state index is 12.7. The van der Waals surface area contributed by atoms with Crippen LogP contribution in [0.5, 0.6) is 0 Å². The van der Waals surface area contributed by atoms with Crippen LogP contribution in [0.2, 0.25) is 0 Å². The molecule has 1 aromatic carbocycles. The molecule has 0 aliphatic rings. The number of hydrogen-bond acceptors (Lipinski definition) is 5. The van der Waals surface area contributed by atoms with Gasteiger partial charge < -0.3 is 10.4 Å². The van der Waals surface area contributed by atoms with Gasteiger partial charge in [-0.3, -0.25) is 0 Å². The first-order valence-electron chi connectivity index (χ1n) is 4.60. The van der Waals surface area contributed by atoms with E-state index in [1.165, 1.54) is 12.1 Å². The van der Waals surface area contributed by atoms with Crippen molar-refractivity contribution in [2.24, 2.45) is 0 Å². The zero-order valence-corrected chi connectivity index (χ0v) is 8.46. The Kier molecular flexibility index (Phi) is 2.91. The third-order valence-electron chi connectivity index (χ3n) is 1.95. The van der Waals surface area contributed by atoms with Crippen molar-refractivity contribution in [2.45, 2.75) is 0 Å². The fraction of sp³-hybridized carbons (Fsp3) is 0. The average molecular weight is 234 g/mol. The Balaban J connectivity index is 2.33. The van der Waals surface area contributed by atoms with Crippen LogP contribution in [0.3, 0.4) is 0 Å². The molecule has 0 fully saturated rings. The van der Waals surface area contributed by atoms with Crippen molar-refractivity contribution in [3.05, 3.63) is 42.2 Å². The zero-order valence-electron chi connectivity index (χ0n) is 8.46. The number of hydrogen-bond donors (Lipinski definition) is 2. The molecule has 86 valence electrons. The first-order valence-corrected chi connectivity index (χ1v) is 4.60. The van der Waals surface area contributed by atoms with Crippen LogP contribution in [-0.2, 0) is 0 Å². The Morgan fingerprint density at radius 2 is 2.06 bits per heavy atom. The lowest BCUT2D eigenvalue weighted by Gasteiger charge is -2.06. The molecule has 0 aliphatic carbocycles. The van der Waals surface area contributed by atoms with Crippen LogP contribution < -0.4 is 5.32 Å². The number of para-hydroxylation sites is 1. The number of nitrogens with zero attached hydrogens (tertiary/aromatic N) is 3. The molecule has 6 nitrogen and oxygen atoms in total. The predicted molar refractivity (Wildman–Crippen MR) is 56.5 cm³/mol. The topological polar surface area (TPSA) is 88.0 Å². The molecule has 2 N–H and O–H groups in total. The number of anilines is 2. The fourth-order valence-electron chi connectivity index (χ4n) is 1.24. The summed E-state index contributed by atoms with van der Waals surface area (Å²) in [5.74, 6) is -1.14. The molecule has 0 radical (unpaired) electrons. The second-order valence-corrected chi connectivity index (χ2v) is 3.05. The van der Waals surface area contributed by atoms with Crippen LogP contribution >= 0.6 is 0 Å². The molecule has 0 saturated heterocycles. The van der Waals surface area contributed by atoms with Crippen molar-refractivity contribution in [3.63, 3.8) is 0 Å². The lowest BCUT2D eigenvalue weighted by molar-refractivity contribution is 0.0698. The Hall–Kier alpha value is -2.57. The molecule has 0 atom stereocenters. The third kappa shape index (κ3) is 2.51. The molecule has 17 heavy (non-hydrogen) atoms. The van der Waals surface area contributed by atoms with Gasteiger partial charge in [0.2, 0.25) is 5.95 Å². The number of aromatic carboxylic acids is 1. The SMILES string of the molecule is O=C(O)c1ccccc1Nc1ncnc(F)n1. The molecule has 0 aliphatic heterocycles. The number of carbonyl (C=O) groups is 1. The van der Waals surface area contributed by atoms with Crippen LogP contribution in [0.25, 0.3) is 0 Å². The van der Waals surface area contributed by atoms with Gasteiger partial charge in [-0.25, -0.2) is 9.78 Å². The number of benzene rings is 1. The molecule has 0 amide bonds. The van der Waals surface area contributed by atoms with Gasteiger partial charge >= 0.3 is 12.0 Å². The predicted octanol–water partition coefficient (Wildman–Crippen LogP) is 1.45. The van der Waals surface area contributed by atoms with E-state index >= 15 is 0 Å². The highest BCUT2D eigenvalue weighted by atomic mass is 19.1. The highest BCUT2D eigenvalue weighted by Crippen LogP contribution is 2.17. The van der Waals surface area contributed by atoms with E-state index < -0.39 is 12.0 Å². The minimum atomic E-state index is -1.09. The number of rotatable bonds is 3. The highest BCUT2D eigenvalue weighted by molar-refractivity contribution is 5.94. The molecule has 7 heteroatoms. The van der Waals surface area contributed by atoms with Crippen molar-refractivity contribution >= 4 is 17.6 Å². The van der Waals surface area contributed by atoms with Crippen LogP contribution in [0.1, 0.15) is 10.4 Å². The average Bonchev–Trinajstić information content (AvgIpc) is 2.29. The smallest absolute Gasteiger partial charge is 0.337 e. The molecule has 2 aromatic rings. The van der Waals surface area contributed by atoms with Crippen LogP contribution in [0, 0.1) is 6.08 Å². The summed E-state index contributed by atoms with van der Waals surface area (Å²) in [4.78, 5) is 21.2. The van der Waals surface area contributed by atoms with Crippen molar-refractivity contribution < 1.29 is 14.3 Å². The second kappa shape index (κ2) is 4.52. The molecule has 0 spiro atoms. The van der Waals surface area contributed by atoms with E-state index in [0.717, 1.165) is 6.33 Å². The van der Waals surface area contributed by atoms with Gasteiger partial charge in [0, 0.05) is 0 Å². The first kappa shape index (κ1) is 10.9. The van der Waals surface area contributed by atoms with Crippen LogP contribution in [0.4, 0.5) is 16.0 Å². The molecular weight excluding hydrogens is 227 g/mol. The summed E-state index contributed by atoms with van der Waals surface area (Å²) in [7, 11) is 0. The first-order chi connectivity index (χ1) is 8.16. The number of halogens is 1. The maximum Gasteiger partial charge on any atom is 0.337 e. The van der Waals surface area contributed by atoms with Crippen molar-refractivity contribution in [3.8, 4) is 0 Å².